The summed E-state index contributed by atoms with van der Waals surface area (Å²) < 4.78 is 2.75. The molecular formula is C33H54N7S2+. The summed E-state index contributed by atoms with van der Waals surface area (Å²) in [5.74, 6) is 2.40. The van der Waals surface area contributed by atoms with E-state index in [-0.39, 0.29) is 5.41 Å². The van der Waals surface area contributed by atoms with Gasteiger partial charge in [0.05, 0.1) is 0 Å². The Kier molecular flexibility index (Phi) is 15.1. The predicted molar refractivity (Wildman–Crippen MR) is 181 cm³/mol. The molecule has 0 radical (unpaired) electrons. The molecule has 1 atom stereocenters. The molecule has 3 rings (SSSR count). The third-order valence-electron chi connectivity index (χ3n) is 7.79. The summed E-state index contributed by atoms with van der Waals surface area (Å²) in [5.41, 5.74) is 8.18. The molecule has 1 unspecified atom stereocenters. The zero-order valence-corrected chi connectivity index (χ0v) is 28.4. The Morgan fingerprint density at radius 3 is 2.07 bits per heavy atom. The number of hydrazone groups is 1. The van der Waals surface area contributed by atoms with Crippen LogP contribution in [-0.4, -0.2) is 38.2 Å². The Balaban J connectivity index is 1.58. The van der Waals surface area contributed by atoms with E-state index in [0.29, 0.717) is 11.0 Å². The topological polar surface area (TPSA) is 91.9 Å². The van der Waals surface area contributed by atoms with E-state index in [1.165, 1.54) is 101 Å². The average molecular weight is 613 g/mol. The molecule has 0 aliphatic carbocycles. The van der Waals surface area contributed by atoms with Gasteiger partial charge in [0.15, 0.2) is 10.0 Å². The highest BCUT2D eigenvalue weighted by molar-refractivity contribution is 8.01. The number of nitrogens with two attached hydrogens (primary N) is 1. The first-order valence-corrected chi connectivity index (χ1v) is 18.1. The highest BCUT2D eigenvalue weighted by atomic mass is 32.2. The van der Waals surface area contributed by atoms with Gasteiger partial charge in [0.1, 0.15) is 5.71 Å². The summed E-state index contributed by atoms with van der Waals surface area (Å²) in [4.78, 5) is 0. The first kappa shape index (κ1) is 34.4. The number of benzene rings is 1. The normalized spacial score (nSPS) is 15.9. The molecule has 2 heterocycles. The lowest BCUT2D eigenvalue weighted by molar-refractivity contribution is -0.443. The van der Waals surface area contributed by atoms with Crippen LogP contribution in [0.2, 0.25) is 0 Å². The van der Waals surface area contributed by atoms with Gasteiger partial charge < -0.3 is 0 Å². The molecule has 0 amide bonds. The molecule has 2 N–H and O–H groups in total. The van der Waals surface area contributed by atoms with Crippen LogP contribution in [0.4, 0.5) is 10.8 Å². The van der Waals surface area contributed by atoms with E-state index >= 15 is 0 Å². The number of rotatable bonds is 20. The largest absolute Gasteiger partial charge is 0.306 e. The lowest BCUT2D eigenvalue weighted by Gasteiger charge is -2.18. The zero-order valence-electron chi connectivity index (χ0n) is 26.7. The third-order valence-corrected chi connectivity index (χ3v) is 9.96. The quantitative estimate of drug-likeness (QED) is 0.0697. The highest BCUT2D eigenvalue weighted by Crippen LogP contribution is 2.33. The number of nitrogens with zero attached hydrogens (tertiary/aromatic N) is 6. The van der Waals surface area contributed by atoms with Gasteiger partial charge in [0, 0.05) is 11.2 Å². The number of hydrogen-bond acceptors (Lipinski definition) is 8. The molecule has 0 fully saturated rings. The molecule has 9 heteroatoms. The second kappa shape index (κ2) is 18.5. The molecule has 1 aromatic carbocycles. The van der Waals surface area contributed by atoms with Crippen molar-refractivity contribution in [3.05, 3.63) is 30.3 Å². The van der Waals surface area contributed by atoms with Gasteiger partial charge >= 0.3 is 5.84 Å². The van der Waals surface area contributed by atoms with Gasteiger partial charge in [-0.3, -0.25) is 5.73 Å². The SMILES string of the molecule is CCCCCCCCC(CCCCCCCC)CSc1nnc(N=NC2C(C(C)(C)C)=N[N+](c3ccccc3)=C2N)s1. The molecule has 0 saturated heterocycles. The predicted octanol–water partition coefficient (Wildman–Crippen LogP) is 10.3. The molecule has 232 valence electrons. The third kappa shape index (κ3) is 11.5. The van der Waals surface area contributed by atoms with Crippen molar-refractivity contribution < 1.29 is 4.68 Å². The van der Waals surface area contributed by atoms with Crippen molar-refractivity contribution in [2.45, 2.75) is 135 Å². The number of hydrogen-bond donors (Lipinski definition) is 1. The van der Waals surface area contributed by atoms with Crippen LogP contribution in [0.1, 0.15) is 125 Å². The lowest BCUT2D eigenvalue weighted by Crippen LogP contribution is -2.38. The fourth-order valence-corrected chi connectivity index (χ4v) is 7.14. The summed E-state index contributed by atoms with van der Waals surface area (Å²) in [6.45, 7) is 11.0. The van der Waals surface area contributed by atoms with Crippen molar-refractivity contribution in [2.75, 3.05) is 5.75 Å². The first-order valence-electron chi connectivity index (χ1n) is 16.3. The van der Waals surface area contributed by atoms with Crippen molar-refractivity contribution in [1.29, 1.82) is 0 Å². The Morgan fingerprint density at radius 2 is 1.48 bits per heavy atom. The van der Waals surface area contributed by atoms with E-state index in [4.69, 9.17) is 10.8 Å². The smallest absolute Gasteiger partial charge is 0.287 e. The molecule has 1 aromatic heterocycles. The van der Waals surface area contributed by atoms with Crippen LogP contribution in [0.15, 0.2) is 50.0 Å². The minimum absolute atomic E-state index is 0.207. The minimum Gasteiger partial charge on any atom is -0.287 e. The van der Waals surface area contributed by atoms with E-state index in [9.17, 15) is 0 Å². The molecule has 42 heavy (non-hydrogen) atoms. The van der Waals surface area contributed by atoms with Crippen molar-refractivity contribution in [3.63, 3.8) is 0 Å². The summed E-state index contributed by atoms with van der Waals surface area (Å²) in [5, 5.41) is 23.3. The number of thioether (sulfide) groups is 1. The molecule has 0 bridgehead atoms. The molecule has 0 spiro atoms. The first-order chi connectivity index (χ1) is 20.3. The minimum atomic E-state index is -0.427. The van der Waals surface area contributed by atoms with E-state index in [1.807, 2.05) is 42.1 Å². The number of unbranched alkanes of at least 4 members (excludes halogenated alkanes) is 10. The summed E-state index contributed by atoms with van der Waals surface area (Å²) >= 11 is 3.35. The number of para-hydroxylation sites is 1. The lowest BCUT2D eigenvalue weighted by atomic mass is 9.86. The van der Waals surface area contributed by atoms with Crippen LogP contribution in [-0.2, 0) is 0 Å². The maximum absolute atomic E-state index is 6.58. The fraction of sp³-hybridized carbons (Fsp3) is 0.697. The summed E-state index contributed by atoms with van der Waals surface area (Å²) in [7, 11) is 0. The molecule has 2 aromatic rings. The fourth-order valence-electron chi connectivity index (χ4n) is 5.26. The van der Waals surface area contributed by atoms with Gasteiger partial charge in [-0.2, -0.15) is 5.11 Å². The van der Waals surface area contributed by atoms with Gasteiger partial charge in [0.2, 0.25) is 6.04 Å². The van der Waals surface area contributed by atoms with Crippen LogP contribution in [0, 0.1) is 11.3 Å². The van der Waals surface area contributed by atoms with Crippen LogP contribution < -0.4 is 5.73 Å². The number of azo groups is 1. The van der Waals surface area contributed by atoms with Crippen molar-refractivity contribution in [2.24, 2.45) is 32.4 Å². The summed E-state index contributed by atoms with van der Waals surface area (Å²) in [6.07, 6.45) is 18.9. The number of amidine groups is 1. The van der Waals surface area contributed by atoms with E-state index in [0.717, 1.165) is 27.4 Å². The molecular weight excluding hydrogens is 559 g/mol. The van der Waals surface area contributed by atoms with Crippen molar-refractivity contribution >= 4 is 45.5 Å². The zero-order chi connectivity index (χ0) is 30.2. The Morgan fingerprint density at radius 1 is 0.881 bits per heavy atom. The average Bonchev–Trinajstić information content (AvgIpc) is 3.58. The summed E-state index contributed by atoms with van der Waals surface area (Å²) in [6, 6.07) is 9.51. The van der Waals surface area contributed by atoms with E-state index < -0.39 is 6.04 Å². The Labute approximate surface area is 263 Å². The second-order valence-corrected chi connectivity index (χ2v) is 14.8. The van der Waals surface area contributed by atoms with Crippen molar-refractivity contribution in [3.8, 4) is 0 Å². The second-order valence-electron chi connectivity index (χ2n) is 12.6. The molecule has 1 aliphatic heterocycles. The maximum Gasteiger partial charge on any atom is 0.306 e. The maximum atomic E-state index is 6.58. The standard InChI is InChI=1S/C33H53N7S2/c1-6-8-10-12-14-17-21-26(22-18-15-13-11-9-7-2)25-41-32-38-37-31(42-32)36-35-28-29(33(3,4)5)39-40(30(28)34)27-23-19-16-20-24-27/h16,19-20,23-24,26,28,34H,6-15,17-18,21-22,25H2,1-5H3/p+1. The van der Waals surface area contributed by atoms with Crippen LogP contribution in [0.5, 0.6) is 0 Å². The van der Waals surface area contributed by atoms with Gasteiger partial charge in [0.25, 0.3) is 5.13 Å². The molecule has 7 nitrogen and oxygen atoms in total. The van der Waals surface area contributed by atoms with Gasteiger partial charge in [-0.25, -0.2) is 0 Å². The van der Waals surface area contributed by atoms with Gasteiger partial charge in [-0.1, -0.05) is 163 Å². The molecule has 0 saturated carbocycles. The number of aromatic nitrogens is 2. The van der Waals surface area contributed by atoms with Crippen LogP contribution >= 0.6 is 23.1 Å². The van der Waals surface area contributed by atoms with Gasteiger partial charge in [-0.05, 0) is 30.9 Å². The Bertz CT molecular complexity index is 1120. The molecule has 1 aliphatic rings. The highest BCUT2D eigenvalue weighted by Gasteiger charge is 2.41. The van der Waals surface area contributed by atoms with E-state index in [2.05, 4.69) is 55.0 Å². The van der Waals surface area contributed by atoms with Crippen LogP contribution in [0.25, 0.3) is 0 Å². The van der Waals surface area contributed by atoms with E-state index in [1.54, 1.807) is 4.68 Å². The van der Waals surface area contributed by atoms with Gasteiger partial charge in [-0.15, -0.1) is 15.3 Å². The van der Waals surface area contributed by atoms with Crippen molar-refractivity contribution in [1.82, 2.24) is 10.2 Å². The van der Waals surface area contributed by atoms with Crippen LogP contribution in [0.3, 0.4) is 0 Å². The monoisotopic (exact) mass is 612 g/mol. The Hall–Kier alpha value is -2.13.